The number of aromatic nitrogens is 1. The van der Waals surface area contributed by atoms with Gasteiger partial charge in [-0.25, -0.2) is 9.78 Å². The minimum Gasteiger partial charge on any atom is -0.351 e. The van der Waals surface area contributed by atoms with Crippen molar-refractivity contribution >= 4 is 11.8 Å². The lowest BCUT2D eigenvalue weighted by Crippen LogP contribution is -2.36. The normalized spacial score (nSPS) is 10.1. The van der Waals surface area contributed by atoms with Crippen LogP contribution in [0.1, 0.15) is 6.92 Å². The highest BCUT2D eigenvalue weighted by atomic mass is 16.2. The predicted octanol–water partition coefficient (Wildman–Crippen LogP) is 2.65. The Bertz CT molecular complexity index is 540. The molecule has 2 rings (SSSR count). The summed E-state index contributed by atoms with van der Waals surface area (Å²) in [5.41, 5.74) is 7.41. The first-order valence-electron chi connectivity index (χ1n) is 5.81. The van der Waals surface area contributed by atoms with Crippen LogP contribution in [-0.4, -0.2) is 17.6 Å². The zero-order valence-electron chi connectivity index (χ0n) is 10.2. The Balaban J connectivity index is 2.39. The molecule has 1 aromatic heterocycles. The fourth-order valence-corrected chi connectivity index (χ4v) is 1.81. The zero-order chi connectivity index (χ0) is 13.0. The van der Waals surface area contributed by atoms with Crippen LogP contribution in [0.25, 0.3) is 11.1 Å². The van der Waals surface area contributed by atoms with E-state index < -0.39 is 6.03 Å². The molecule has 1 heterocycles. The number of pyridine rings is 1. The molecule has 1 aromatic carbocycles. The Labute approximate surface area is 106 Å². The molecule has 0 spiro atoms. The third-order valence-electron chi connectivity index (χ3n) is 2.71. The fourth-order valence-electron chi connectivity index (χ4n) is 1.81. The number of nitrogens with zero attached hydrogens (tertiary/aromatic N) is 2. The van der Waals surface area contributed by atoms with Crippen LogP contribution in [0.2, 0.25) is 0 Å². The number of nitrogens with two attached hydrogens (primary N) is 1. The number of carbonyl (C=O) groups is 1. The molecule has 0 aliphatic heterocycles. The molecule has 0 bridgehead atoms. The molecule has 0 fully saturated rings. The highest BCUT2D eigenvalue weighted by molar-refractivity contribution is 5.90. The summed E-state index contributed by atoms with van der Waals surface area (Å²) in [5.74, 6) is 0.575. The number of carbonyl (C=O) groups excluding carboxylic acids is 1. The molecular weight excluding hydrogens is 226 g/mol. The number of hydrogen-bond acceptors (Lipinski definition) is 2. The number of anilines is 1. The molecule has 4 nitrogen and oxygen atoms in total. The van der Waals surface area contributed by atoms with Gasteiger partial charge in [-0.2, -0.15) is 0 Å². The van der Waals surface area contributed by atoms with Gasteiger partial charge in [0.1, 0.15) is 5.82 Å². The average Bonchev–Trinajstić information content (AvgIpc) is 2.40. The Morgan fingerprint density at radius 1 is 1.22 bits per heavy atom. The van der Waals surface area contributed by atoms with Gasteiger partial charge >= 0.3 is 6.03 Å². The number of urea groups is 1. The van der Waals surface area contributed by atoms with Gasteiger partial charge in [-0.3, -0.25) is 4.90 Å². The summed E-state index contributed by atoms with van der Waals surface area (Å²) in [6.07, 6.45) is 1.68. The molecule has 0 unspecified atom stereocenters. The summed E-state index contributed by atoms with van der Waals surface area (Å²) in [5, 5.41) is 0. The summed E-state index contributed by atoms with van der Waals surface area (Å²) in [4.78, 5) is 16.9. The van der Waals surface area contributed by atoms with E-state index in [1.807, 2.05) is 49.4 Å². The van der Waals surface area contributed by atoms with E-state index in [4.69, 9.17) is 5.73 Å². The minimum atomic E-state index is -0.491. The van der Waals surface area contributed by atoms with Crippen molar-refractivity contribution in [1.29, 1.82) is 0 Å². The topological polar surface area (TPSA) is 59.2 Å². The van der Waals surface area contributed by atoms with Crippen molar-refractivity contribution in [2.45, 2.75) is 6.92 Å². The van der Waals surface area contributed by atoms with E-state index in [-0.39, 0.29) is 0 Å². The Morgan fingerprint density at radius 2 is 1.94 bits per heavy atom. The van der Waals surface area contributed by atoms with Crippen LogP contribution in [0.5, 0.6) is 0 Å². The monoisotopic (exact) mass is 241 g/mol. The van der Waals surface area contributed by atoms with Crippen molar-refractivity contribution in [3.05, 3.63) is 48.7 Å². The van der Waals surface area contributed by atoms with E-state index in [1.165, 1.54) is 4.90 Å². The number of primary amides is 1. The van der Waals surface area contributed by atoms with E-state index in [0.717, 1.165) is 11.1 Å². The smallest absolute Gasteiger partial charge is 0.320 e. The molecule has 4 heteroatoms. The van der Waals surface area contributed by atoms with Crippen LogP contribution in [0, 0.1) is 0 Å². The van der Waals surface area contributed by atoms with Gasteiger partial charge in [-0.05, 0) is 30.2 Å². The molecule has 0 aliphatic rings. The summed E-state index contributed by atoms with van der Waals surface area (Å²) < 4.78 is 0. The van der Waals surface area contributed by atoms with Crippen molar-refractivity contribution < 1.29 is 4.79 Å². The lowest BCUT2D eigenvalue weighted by atomic mass is 10.1. The number of benzene rings is 1. The van der Waals surface area contributed by atoms with Crippen molar-refractivity contribution in [3.8, 4) is 11.1 Å². The lowest BCUT2D eigenvalue weighted by Gasteiger charge is -2.17. The minimum absolute atomic E-state index is 0.491. The third kappa shape index (κ3) is 2.48. The summed E-state index contributed by atoms with van der Waals surface area (Å²) in [7, 11) is 0. The Kier molecular flexibility index (Phi) is 3.57. The molecule has 0 aliphatic carbocycles. The Morgan fingerprint density at radius 3 is 2.56 bits per heavy atom. The van der Waals surface area contributed by atoms with E-state index in [0.29, 0.717) is 12.4 Å². The second-order valence-electron chi connectivity index (χ2n) is 3.85. The summed E-state index contributed by atoms with van der Waals surface area (Å²) in [6.45, 7) is 2.36. The van der Waals surface area contributed by atoms with Crippen LogP contribution in [0.15, 0.2) is 48.7 Å². The third-order valence-corrected chi connectivity index (χ3v) is 2.71. The largest absolute Gasteiger partial charge is 0.351 e. The number of hydrogen-bond donors (Lipinski definition) is 1. The van der Waals surface area contributed by atoms with Gasteiger partial charge in [-0.15, -0.1) is 0 Å². The van der Waals surface area contributed by atoms with Gasteiger partial charge in [0.15, 0.2) is 0 Å². The van der Waals surface area contributed by atoms with Gasteiger partial charge in [0.05, 0.1) is 0 Å². The van der Waals surface area contributed by atoms with Crippen LogP contribution in [0.3, 0.4) is 0 Å². The van der Waals surface area contributed by atoms with E-state index >= 15 is 0 Å². The molecule has 2 N–H and O–H groups in total. The fraction of sp³-hybridized carbons (Fsp3) is 0.143. The van der Waals surface area contributed by atoms with Gasteiger partial charge < -0.3 is 5.73 Å². The van der Waals surface area contributed by atoms with Gasteiger partial charge in [0.25, 0.3) is 0 Å². The lowest BCUT2D eigenvalue weighted by molar-refractivity contribution is 0.254. The molecule has 2 aromatic rings. The quantitative estimate of drug-likeness (QED) is 0.898. The molecule has 0 saturated heterocycles. The van der Waals surface area contributed by atoms with E-state index in [9.17, 15) is 4.79 Å². The molecular formula is C14H15N3O. The van der Waals surface area contributed by atoms with Crippen LogP contribution in [0.4, 0.5) is 10.6 Å². The molecule has 18 heavy (non-hydrogen) atoms. The van der Waals surface area contributed by atoms with Crippen LogP contribution in [-0.2, 0) is 0 Å². The van der Waals surface area contributed by atoms with Gasteiger partial charge in [0, 0.05) is 12.7 Å². The molecule has 0 saturated carbocycles. The van der Waals surface area contributed by atoms with Crippen molar-refractivity contribution in [2.75, 3.05) is 11.4 Å². The number of amides is 2. The van der Waals surface area contributed by atoms with Gasteiger partial charge in [-0.1, -0.05) is 30.3 Å². The first-order chi connectivity index (χ1) is 8.72. The predicted molar refractivity (Wildman–Crippen MR) is 72.3 cm³/mol. The van der Waals surface area contributed by atoms with Crippen LogP contribution >= 0.6 is 0 Å². The van der Waals surface area contributed by atoms with E-state index in [2.05, 4.69) is 4.98 Å². The summed E-state index contributed by atoms with van der Waals surface area (Å²) >= 11 is 0. The van der Waals surface area contributed by atoms with Crippen molar-refractivity contribution in [1.82, 2.24) is 4.98 Å². The molecule has 92 valence electrons. The maximum Gasteiger partial charge on any atom is 0.320 e. The molecule has 0 atom stereocenters. The summed E-state index contributed by atoms with van der Waals surface area (Å²) in [6, 6.07) is 13.2. The second kappa shape index (κ2) is 5.31. The van der Waals surface area contributed by atoms with Gasteiger partial charge in [0.2, 0.25) is 0 Å². The Hall–Kier alpha value is -2.36. The highest BCUT2D eigenvalue weighted by Gasteiger charge is 2.11. The second-order valence-corrected chi connectivity index (χ2v) is 3.85. The number of rotatable bonds is 3. The van der Waals surface area contributed by atoms with Crippen molar-refractivity contribution in [3.63, 3.8) is 0 Å². The first kappa shape index (κ1) is 12.1. The maximum absolute atomic E-state index is 11.3. The molecule has 0 radical (unpaired) electrons. The molecule has 2 amide bonds. The SMILES string of the molecule is CCN(C(N)=O)c1cc(-c2ccccc2)ccn1. The maximum atomic E-state index is 11.3. The highest BCUT2D eigenvalue weighted by Crippen LogP contribution is 2.22. The first-order valence-corrected chi connectivity index (χ1v) is 5.81. The average molecular weight is 241 g/mol. The van der Waals surface area contributed by atoms with Crippen molar-refractivity contribution in [2.24, 2.45) is 5.73 Å². The standard InChI is InChI=1S/C14H15N3O/c1-2-17(14(15)18)13-10-12(8-9-16-13)11-6-4-3-5-7-11/h3-10H,2H2,1H3,(H2,15,18). The van der Waals surface area contributed by atoms with Crippen LogP contribution < -0.4 is 10.6 Å². The van der Waals surface area contributed by atoms with E-state index in [1.54, 1.807) is 6.20 Å². The zero-order valence-corrected chi connectivity index (χ0v) is 10.2.